The first-order chi connectivity index (χ1) is 21.2. The van der Waals surface area contributed by atoms with Gasteiger partial charge in [0.25, 0.3) is 17.7 Å². The third-order valence-corrected chi connectivity index (χ3v) is 6.78. The summed E-state index contributed by atoms with van der Waals surface area (Å²) in [7, 11) is 0. The molecule has 0 bridgehead atoms. The Morgan fingerprint density at radius 1 is 0.568 bits per heavy atom. The van der Waals surface area contributed by atoms with Crippen molar-refractivity contribution in [1.29, 1.82) is 0 Å². The van der Waals surface area contributed by atoms with E-state index in [9.17, 15) is 27.6 Å². The number of benzene rings is 5. The fraction of sp³-hybridized carbons (Fsp3) is 0.0571. The molecule has 9 heteroatoms. The van der Waals surface area contributed by atoms with Gasteiger partial charge in [0.2, 0.25) is 0 Å². The van der Waals surface area contributed by atoms with E-state index in [2.05, 4.69) is 16.0 Å². The van der Waals surface area contributed by atoms with Gasteiger partial charge in [-0.05, 0) is 77.4 Å². The van der Waals surface area contributed by atoms with Gasteiger partial charge in [-0.25, -0.2) is 0 Å². The molecule has 0 atom stereocenters. The fourth-order valence-electron chi connectivity index (χ4n) is 4.49. The van der Waals surface area contributed by atoms with Crippen LogP contribution in [0, 0.1) is 0 Å². The van der Waals surface area contributed by atoms with Crippen LogP contribution in [0.25, 0.3) is 11.1 Å². The van der Waals surface area contributed by atoms with Gasteiger partial charge in [0.15, 0.2) is 0 Å². The maximum atomic E-state index is 13.2. The van der Waals surface area contributed by atoms with E-state index in [1.165, 1.54) is 18.2 Å². The highest BCUT2D eigenvalue weighted by Gasteiger charge is 2.30. The zero-order chi connectivity index (χ0) is 31.1. The first-order valence-electron chi connectivity index (χ1n) is 13.6. The zero-order valence-corrected chi connectivity index (χ0v) is 23.2. The number of alkyl halides is 3. The van der Waals surface area contributed by atoms with Gasteiger partial charge in [-0.2, -0.15) is 13.2 Å². The third-order valence-electron chi connectivity index (χ3n) is 6.78. The van der Waals surface area contributed by atoms with Gasteiger partial charge in [-0.3, -0.25) is 14.4 Å². The summed E-state index contributed by atoms with van der Waals surface area (Å²) in [6.07, 6.45) is -4.46. The van der Waals surface area contributed by atoms with E-state index in [0.29, 0.717) is 33.6 Å². The third kappa shape index (κ3) is 7.38. The van der Waals surface area contributed by atoms with Crippen molar-refractivity contribution < 1.29 is 27.6 Å². The smallest absolute Gasteiger partial charge is 0.348 e. The molecule has 0 aliphatic carbocycles. The molecule has 3 amide bonds. The van der Waals surface area contributed by atoms with Crippen LogP contribution in [-0.2, 0) is 12.7 Å². The molecule has 0 spiro atoms. The molecule has 6 nitrogen and oxygen atoms in total. The van der Waals surface area contributed by atoms with Crippen LogP contribution in [-0.4, -0.2) is 17.7 Å². The highest BCUT2D eigenvalue weighted by Crippen LogP contribution is 2.32. The van der Waals surface area contributed by atoms with Crippen LogP contribution >= 0.6 is 0 Å². The summed E-state index contributed by atoms with van der Waals surface area (Å²) < 4.78 is 39.0. The topological polar surface area (TPSA) is 87.3 Å². The molecule has 0 saturated heterocycles. The highest BCUT2D eigenvalue weighted by molar-refractivity contribution is 6.09. The predicted molar refractivity (Wildman–Crippen MR) is 163 cm³/mol. The number of amides is 3. The predicted octanol–water partition coefficient (Wildman–Crippen LogP) is 7.81. The molecule has 0 unspecified atom stereocenters. The lowest BCUT2D eigenvalue weighted by Crippen LogP contribution is -2.23. The second-order valence-corrected chi connectivity index (χ2v) is 9.86. The summed E-state index contributed by atoms with van der Waals surface area (Å²) in [5, 5.41) is 8.44. The van der Waals surface area contributed by atoms with Gasteiger partial charge >= 0.3 is 6.18 Å². The number of hydrogen-bond acceptors (Lipinski definition) is 3. The van der Waals surface area contributed by atoms with Gasteiger partial charge < -0.3 is 16.0 Å². The maximum absolute atomic E-state index is 13.2. The molecule has 3 N–H and O–H groups in total. The minimum absolute atomic E-state index is 0.221. The van der Waals surface area contributed by atoms with Crippen LogP contribution in [0.4, 0.5) is 24.5 Å². The van der Waals surface area contributed by atoms with Crippen molar-refractivity contribution >= 4 is 29.1 Å². The summed E-state index contributed by atoms with van der Waals surface area (Å²) in [5.41, 5.74) is 3.12. The Morgan fingerprint density at radius 3 is 1.91 bits per heavy atom. The maximum Gasteiger partial charge on any atom is 0.416 e. The SMILES string of the molecule is O=C(NCc1ccc(NC(=O)c2ccccc2)cc1)c1cccc(NC(=O)c2ccccc2-c2ccc(C(F)(F)F)cc2)c1. The first-order valence-corrected chi connectivity index (χ1v) is 13.6. The monoisotopic (exact) mass is 593 g/mol. The highest BCUT2D eigenvalue weighted by atomic mass is 19.4. The largest absolute Gasteiger partial charge is 0.416 e. The lowest BCUT2D eigenvalue weighted by atomic mass is 9.98. The van der Waals surface area contributed by atoms with E-state index in [4.69, 9.17) is 0 Å². The molecular weight excluding hydrogens is 567 g/mol. The molecule has 5 rings (SSSR count). The molecule has 5 aromatic rings. The molecule has 44 heavy (non-hydrogen) atoms. The quantitative estimate of drug-likeness (QED) is 0.172. The summed E-state index contributed by atoms with van der Waals surface area (Å²) >= 11 is 0. The molecule has 0 fully saturated rings. The van der Waals surface area contributed by atoms with Crippen LogP contribution < -0.4 is 16.0 Å². The van der Waals surface area contributed by atoms with Gasteiger partial charge in [0, 0.05) is 34.6 Å². The molecule has 5 aromatic carbocycles. The number of rotatable bonds is 8. The van der Waals surface area contributed by atoms with E-state index in [1.807, 2.05) is 6.07 Å². The number of hydrogen-bond donors (Lipinski definition) is 3. The Labute approximate surface area is 251 Å². The van der Waals surface area contributed by atoms with Crippen molar-refractivity contribution in [3.8, 4) is 11.1 Å². The number of carbonyl (C=O) groups is 3. The first kappa shape index (κ1) is 29.8. The molecule has 0 aliphatic rings. The molecule has 0 heterocycles. The minimum Gasteiger partial charge on any atom is -0.348 e. The van der Waals surface area contributed by atoms with Crippen molar-refractivity contribution in [2.75, 3.05) is 10.6 Å². The van der Waals surface area contributed by atoms with Crippen molar-refractivity contribution in [3.63, 3.8) is 0 Å². The van der Waals surface area contributed by atoms with Gasteiger partial charge in [0.1, 0.15) is 0 Å². The van der Waals surface area contributed by atoms with Crippen molar-refractivity contribution in [2.45, 2.75) is 12.7 Å². The zero-order valence-electron chi connectivity index (χ0n) is 23.2. The number of anilines is 2. The average molecular weight is 594 g/mol. The van der Waals surface area contributed by atoms with E-state index in [0.717, 1.165) is 17.7 Å². The summed E-state index contributed by atoms with van der Waals surface area (Å²) in [6, 6.07) is 33.6. The number of halogens is 3. The summed E-state index contributed by atoms with van der Waals surface area (Å²) in [4.78, 5) is 38.4. The van der Waals surface area contributed by atoms with Crippen LogP contribution in [0.2, 0.25) is 0 Å². The lowest BCUT2D eigenvalue weighted by molar-refractivity contribution is -0.137. The molecule has 0 saturated carbocycles. The van der Waals surface area contributed by atoms with Gasteiger partial charge in [0.05, 0.1) is 5.56 Å². The number of nitrogens with one attached hydrogen (secondary N) is 3. The molecule has 0 radical (unpaired) electrons. The molecule has 220 valence electrons. The van der Waals surface area contributed by atoms with Gasteiger partial charge in [-0.1, -0.05) is 66.7 Å². The Bertz CT molecular complexity index is 1790. The van der Waals surface area contributed by atoms with E-state index in [-0.39, 0.29) is 23.9 Å². The second kappa shape index (κ2) is 13.1. The molecular formula is C35H26F3N3O3. The van der Waals surface area contributed by atoms with Crippen LogP contribution in [0.1, 0.15) is 42.2 Å². The standard InChI is InChI=1S/C35H26F3N3O3/c36-35(37,38)27-17-15-24(16-18-27)30-11-4-5-12-31(30)34(44)41-29-10-6-9-26(21-29)32(42)39-22-23-13-19-28(20-14-23)40-33(43)25-7-2-1-3-8-25/h1-21H,22H2,(H,39,42)(H,40,43)(H,41,44). The van der Waals surface area contributed by atoms with Crippen LogP contribution in [0.15, 0.2) is 127 Å². The van der Waals surface area contributed by atoms with E-state index >= 15 is 0 Å². The Morgan fingerprint density at radius 2 is 1.20 bits per heavy atom. The van der Waals surface area contributed by atoms with Crippen LogP contribution in [0.5, 0.6) is 0 Å². The summed E-state index contributed by atoms with van der Waals surface area (Å²) in [6.45, 7) is 0.239. The number of carbonyl (C=O) groups excluding carboxylic acids is 3. The summed E-state index contributed by atoms with van der Waals surface area (Å²) in [5.74, 6) is -1.05. The average Bonchev–Trinajstić information content (AvgIpc) is 3.04. The normalized spacial score (nSPS) is 11.0. The van der Waals surface area contributed by atoms with Crippen LogP contribution in [0.3, 0.4) is 0 Å². The minimum atomic E-state index is -4.46. The molecule has 0 aliphatic heterocycles. The fourth-order valence-corrected chi connectivity index (χ4v) is 4.49. The van der Waals surface area contributed by atoms with E-state index < -0.39 is 17.6 Å². The Balaban J connectivity index is 1.20. The van der Waals surface area contributed by atoms with Crippen molar-refractivity contribution in [2.24, 2.45) is 0 Å². The van der Waals surface area contributed by atoms with Crippen molar-refractivity contribution in [1.82, 2.24) is 5.32 Å². The Hall–Kier alpha value is -5.70. The Kier molecular flexibility index (Phi) is 8.85. The lowest BCUT2D eigenvalue weighted by Gasteiger charge is -2.13. The second-order valence-electron chi connectivity index (χ2n) is 9.86. The van der Waals surface area contributed by atoms with Crippen molar-refractivity contribution in [3.05, 3.63) is 155 Å². The van der Waals surface area contributed by atoms with Gasteiger partial charge in [-0.15, -0.1) is 0 Å². The van der Waals surface area contributed by atoms with E-state index in [1.54, 1.807) is 91.0 Å². The molecule has 0 aromatic heterocycles.